The van der Waals surface area contributed by atoms with Crippen LogP contribution in [0.3, 0.4) is 0 Å². The summed E-state index contributed by atoms with van der Waals surface area (Å²) < 4.78 is 1.87. The Morgan fingerprint density at radius 2 is 2.00 bits per heavy atom. The molecular weight excluding hydrogens is 216 g/mol. The molecule has 0 saturated carbocycles. The number of amides is 1. The lowest BCUT2D eigenvalue weighted by atomic mass is 10.2. The van der Waals surface area contributed by atoms with Crippen molar-refractivity contribution in [3.63, 3.8) is 0 Å². The van der Waals surface area contributed by atoms with Crippen molar-refractivity contribution >= 4 is 11.6 Å². The summed E-state index contributed by atoms with van der Waals surface area (Å²) >= 11 is 0. The third kappa shape index (κ3) is 2.99. The number of hydrogen-bond acceptors (Lipinski definition) is 3. The highest BCUT2D eigenvalue weighted by atomic mass is 16.2. The molecule has 0 bridgehead atoms. The van der Waals surface area contributed by atoms with Crippen molar-refractivity contribution < 1.29 is 4.79 Å². The summed E-state index contributed by atoms with van der Waals surface area (Å²) in [5.41, 5.74) is 8.76. The molecule has 0 aliphatic rings. The molecule has 1 aromatic heterocycles. The quantitative estimate of drug-likeness (QED) is 0.834. The van der Waals surface area contributed by atoms with E-state index in [4.69, 9.17) is 5.73 Å². The summed E-state index contributed by atoms with van der Waals surface area (Å²) in [5.74, 6) is 0.110. The van der Waals surface area contributed by atoms with Crippen molar-refractivity contribution in [1.82, 2.24) is 14.7 Å². The van der Waals surface area contributed by atoms with Crippen LogP contribution in [0.25, 0.3) is 0 Å². The van der Waals surface area contributed by atoms with E-state index in [9.17, 15) is 4.79 Å². The number of carbonyl (C=O) groups excluding carboxylic acids is 1. The van der Waals surface area contributed by atoms with Gasteiger partial charge in [-0.1, -0.05) is 13.8 Å². The normalized spacial score (nSPS) is 10.6. The number of aromatic nitrogens is 2. The van der Waals surface area contributed by atoms with Gasteiger partial charge in [-0.15, -0.1) is 0 Å². The Balaban J connectivity index is 2.80. The van der Waals surface area contributed by atoms with Crippen LogP contribution in [0.4, 0.5) is 5.69 Å². The number of anilines is 1. The predicted molar refractivity (Wildman–Crippen MR) is 68.7 cm³/mol. The lowest BCUT2D eigenvalue weighted by molar-refractivity contribution is -0.128. The van der Waals surface area contributed by atoms with Gasteiger partial charge in [-0.25, -0.2) is 0 Å². The van der Waals surface area contributed by atoms with Gasteiger partial charge in [0.25, 0.3) is 0 Å². The molecule has 17 heavy (non-hydrogen) atoms. The molecule has 5 heteroatoms. The Hall–Kier alpha value is -1.52. The van der Waals surface area contributed by atoms with Crippen molar-refractivity contribution in [3.05, 3.63) is 11.4 Å². The molecule has 1 amide bonds. The fraction of sp³-hybridized carbons (Fsp3) is 0.667. The number of nitrogen functional groups attached to an aromatic ring is 1. The predicted octanol–water partition coefficient (Wildman–Crippen LogP) is 1.07. The van der Waals surface area contributed by atoms with Gasteiger partial charge in [-0.3, -0.25) is 9.48 Å². The molecule has 0 radical (unpaired) electrons. The first-order valence-corrected chi connectivity index (χ1v) is 6.05. The number of nitrogens with zero attached hydrogens (tertiary/aromatic N) is 3. The van der Waals surface area contributed by atoms with Crippen LogP contribution in [0.15, 0.2) is 0 Å². The van der Waals surface area contributed by atoms with E-state index >= 15 is 0 Å². The summed E-state index contributed by atoms with van der Waals surface area (Å²) in [4.78, 5) is 13.1. The van der Waals surface area contributed by atoms with Crippen LogP contribution >= 0.6 is 0 Å². The van der Waals surface area contributed by atoms with Gasteiger partial charge in [0.1, 0.15) is 0 Å². The zero-order valence-corrected chi connectivity index (χ0v) is 11.2. The van der Waals surface area contributed by atoms with Gasteiger partial charge in [0.05, 0.1) is 23.6 Å². The van der Waals surface area contributed by atoms with Gasteiger partial charge in [0.15, 0.2) is 0 Å². The fourth-order valence-electron chi connectivity index (χ4n) is 1.81. The van der Waals surface area contributed by atoms with Gasteiger partial charge in [-0.2, -0.15) is 5.10 Å². The fourth-order valence-corrected chi connectivity index (χ4v) is 1.81. The highest BCUT2D eigenvalue weighted by Crippen LogP contribution is 2.18. The average molecular weight is 238 g/mol. The Labute approximate surface area is 103 Å². The third-order valence-electron chi connectivity index (χ3n) is 2.88. The zero-order valence-electron chi connectivity index (χ0n) is 11.2. The van der Waals surface area contributed by atoms with Crippen LogP contribution in [-0.2, 0) is 24.2 Å². The molecular formula is C12H22N4O. The van der Waals surface area contributed by atoms with E-state index in [1.807, 2.05) is 11.6 Å². The smallest absolute Gasteiger partial charge is 0.223 e. The highest BCUT2D eigenvalue weighted by molar-refractivity contribution is 5.75. The van der Waals surface area contributed by atoms with E-state index in [2.05, 4.69) is 12.0 Å². The van der Waals surface area contributed by atoms with E-state index in [0.29, 0.717) is 13.0 Å². The SMILES string of the molecule is CCc1nn(CCC(=O)N(C)C)c(CC)c1N. The molecule has 96 valence electrons. The Bertz CT molecular complexity index is 395. The van der Waals surface area contributed by atoms with Gasteiger partial charge in [0.2, 0.25) is 5.91 Å². The Kier molecular flexibility index (Phi) is 4.54. The number of carbonyl (C=O) groups is 1. The summed E-state index contributed by atoms with van der Waals surface area (Å²) in [6.07, 6.45) is 2.13. The van der Waals surface area contributed by atoms with Crippen LogP contribution in [-0.4, -0.2) is 34.7 Å². The van der Waals surface area contributed by atoms with E-state index < -0.39 is 0 Å². The van der Waals surface area contributed by atoms with Crippen molar-refractivity contribution in [2.24, 2.45) is 0 Å². The molecule has 0 atom stereocenters. The maximum absolute atomic E-state index is 11.5. The molecule has 0 unspecified atom stereocenters. The second kappa shape index (κ2) is 5.70. The Morgan fingerprint density at radius 3 is 2.47 bits per heavy atom. The number of hydrogen-bond donors (Lipinski definition) is 1. The summed E-state index contributed by atoms with van der Waals surface area (Å²) in [6, 6.07) is 0. The van der Waals surface area contributed by atoms with Crippen LogP contribution in [0, 0.1) is 0 Å². The first kappa shape index (κ1) is 13.5. The lowest BCUT2D eigenvalue weighted by Crippen LogP contribution is -2.23. The average Bonchev–Trinajstić information content (AvgIpc) is 2.61. The monoisotopic (exact) mass is 238 g/mol. The molecule has 0 aromatic carbocycles. The minimum Gasteiger partial charge on any atom is -0.396 e. The number of nitrogens with two attached hydrogens (primary N) is 1. The van der Waals surface area contributed by atoms with Gasteiger partial charge < -0.3 is 10.6 Å². The molecule has 0 fully saturated rings. The van der Waals surface area contributed by atoms with Crippen molar-refractivity contribution in [2.75, 3.05) is 19.8 Å². The van der Waals surface area contributed by atoms with Crippen molar-refractivity contribution in [2.45, 2.75) is 39.7 Å². The third-order valence-corrected chi connectivity index (χ3v) is 2.88. The maximum atomic E-state index is 11.5. The molecule has 0 saturated heterocycles. The molecule has 1 heterocycles. The summed E-state index contributed by atoms with van der Waals surface area (Å²) in [5, 5.41) is 4.45. The minimum atomic E-state index is 0.110. The van der Waals surface area contributed by atoms with E-state index in [1.54, 1.807) is 19.0 Å². The zero-order chi connectivity index (χ0) is 13.0. The van der Waals surface area contributed by atoms with E-state index in [1.165, 1.54) is 0 Å². The largest absolute Gasteiger partial charge is 0.396 e. The molecule has 1 rings (SSSR count). The van der Waals surface area contributed by atoms with Crippen LogP contribution in [0.2, 0.25) is 0 Å². The van der Waals surface area contributed by atoms with Crippen molar-refractivity contribution in [1.29, 1.82) is 0 Å². The van der Waals surface area contributed by atoms with E-state index in [0.717, 1.165) is 29.9 Å². The topological polar surface area (TPSA) is 64.2 Å². The van der Waals surface area contributed by atoms with Gasteiger partial charge >= 0.3 is 0 Å². The highest BCUT2D eigenvalue weighted by Gasteiger charge is 2.13. The van der Waals surface area contributed by atoms with Crippen LogP contribution in [0.1, 0.15) is 31.7 Å². The first-order valence-electron chi connectivity index (χ1n) is 6.05. The van der Waals surface area contributed by atoms with Crippen LogP contribution < -0.4 is 5.73 Å². The second-order valence-corrected chi connectivity index (χ2v) is 4.28. The van der Waals surface area contributed by atoms with Gasteiger partial charge in [0, 0.05) is 20.5 Å². The Morgan fingerprint density at radius 1 is 1.35 bits per heavy atom. The number of aryl methyl sites for hydroxylation is 2. The second-order valence-electron chi connectivity index (χ2n) is 4.28. The minimum absolute atomic E-state index is 0.110. The molecule has 0 spiro atoms. The molecule has 5 nitrogen and oxygen atoms in total. The molecule has 0 aliphatic carbocycles. The van der Waals surface area contributed by atoms with E-state index in [-0.39, 0.29) is 5.91 Å². The van der Waals surface area contributed by atoms with Gasteiger partial charge in [-0.05, 0) is 12.8 Å². The maximum Gasteiger partial charge on any atom is 0.223 e. The molecule has 2 N–H and O–H groups in total. The molecule has 0 aliphatic heterocycles. The summed E-state index contributed by atoms with van der Waals surface area (Å²) in [6.45, 7) is 4.69. The van der Waals surface area contributed by atoms with Crippen LogP contribution in [0.5, 0.6) is 0 Å². The molecule has 1 aromatic rings. The number of rotatable bonds is 5. The summed E-state index contributed by atoms with van der Waals surface area (Å²) in [7, 11) is 3.52. The standard InChI is InChI=1S/C12H22N4O/c1-5-9-12(13)10(6-2)16(14-9)8-7-11(17)15(3)4/h5-8,13H2,1-4H3. The van der Waals surface area contributed by atoms with Crippen molar-refractivity contribution in [3.8, 4) is 0 Å². The first-order chi connectivity index (χ1) is 8.01. The lowest BCUT2D eigenvalue weighted by Gasteiger charge is -2.11.